The van der Waals surface area contributed by atoms with E-state index in [1.165, 1.54) is 11.0 Å². The van der Waals surface area contributed by atoms with Crippen molar-refractivity contribution in [2.75, 3.05) is 13.1 Å². The molecule has 5 atom stereocenters. The smallest absolute Gasteiger partial charge is 0.326 e. The highest BCUT2D eigenvalue weighted by Crippen LogP contribution is 2.30. The third-order valence-electron chi connectivity index (χ3n) is 7.36. The van der Waals surface area contributed by atoms with E-state index in [-0.39, 0.29) is 25.4 Å². The second-order valence-electron chi connectivity index (χ2n) is 13.3. The summed E-state index contributed by atoms with van der Waals surface area (Å²) in [4.78, 5) is 79.2. The molecular weight excluding hydrogens is 554 g/mol. The molecule has 1 saturated heterocycles. The van der Waals surface area contributed by atoms with Gasteiger partial charge in [-0.1, -0.05) is 73.5 Å². The molecule has 0 saturated carbocycles. The van der Waals surface area contributed by atoms with Gasteiger partial charge in [0.15, 0.2) is 0 Å². The molecule has 0 bridgehead atoms. The molecule has 12 nitrogen and oxygen atoms in total. The Hall–Kier alpha value is -3.70. The highest BCUT2D eigenvalue weighted by atomic mass is 16.4. The summed E-state index contributed by atoms with van der Waals surface area (Å²) in [5.74, 6) is -4.00. The molecule has 0 aromatic rings. The second kappa shape index (κ2) is 16.2. The number of carboxylic acid groups (broad SMARTS) is 1. The number of amides is 5. The third-order valence-corrected chi connectivity index (χ3v) is 7.36. The highest BCUT2D eigenvalue weighted by Gasteiger charge is 2.45. The molecule has 1 unspecified atom stereocenters. The van der Waals surface area contributed by atoms with Crippen molar-refractivity contribution in [2.24, 2.45) is 16.7 Å². The Balaban J connectivity index is 3.30. The van der Waals surface area contributed by atoms with Gasteiger partial charge in [0.1, 0.15) is 18.1 Å². The van der Waals surface area contributed by atoms with Gasteiger partial charge in [-0.05, 0) is 36.0 Å². The van der Waals surface area contributed by atoms with Crippen LogP contribution >= 0.6 is 0 Å². The lowest BCUT2D eigenvalue weighted by atomic mass is 9.85. The van der Waals surface area contributed by atoms with Gasteiger partial charge in [0.05, 0.1) is 6.04 Å². The van der Waals surface area contributed by atoms with E-state index >= 15 is 0 Å². The molecule has 1 rings (SSSR count). The molecule has 5 amide bonds. The molecule has 0 aromatic carbocycles. The van der Waals surface area contributed by atoms with Crippen molar-refractivity contribution in [1.29, 1.82) is 0 Å². The molecule has 0 spiro atoms. The van der Waals surface area contributed by atoms with Crippen LogP contribution in [-0.2, 0) is 24.0 Å². The second-order valence-corrected chi connectivity index (χ2v) is 13.3. The van der Waals surface area contributed by atoms with Crippen molar-refractivity contribution in [3.05, 3.63) is 25.3 Å². The van der Waals surface area contributed by atoms with Crippen molar-refractivity contribution in [3.63, 3.8) is 0 Å². The van der Waals surface area contributed by atoms with E-state index in [2.05, 4.69) is 34.4 Å². The van der Waals surface area contributed by atoms with Crippen molar-refractivity contribution in [2.45, 2.75) is 105 Å². The van der Waals surface area contributed by atoms with Gasteiger partial charge >= 0.3 is 12.0 Å². The van der Waals surface area contributed by atoms with Crippen molar-refractivity contribution < 1.29 is 33.9 Å². The van der Waals surface area contributed by atoms with Crippen LogP contribution in [0.2, 0.25) is 0 Å². The summed E-state index contributed by atoms with van der Waals surface area (Å²) in [6.45, 7) is 19.8. The van der Waals surface area contributed by atoms with Crippen molar-refractivity contribution >= 4 is 35.5 Å². The van der Waals surface area contributed by atoms with E-state index in [0.717, 1.165) is 6.42 Å². The maximum absolute atomic E-state index is 14.0. The molecule has 1 fully saturated rings. The van der Waals surface area contributed by atoms with Crippen LogP contribution in [0.3, 0.4) is 0 Å². The lowest BCUT2D eigenvalue weighted by Crippen LogP contribution is -2.61. The van der Waals surface area contributed by atoms with E-state index in [4.69, 9.17) is 0 Å². The zero-order valence-electron chi connectivity index (χ0n) is 26.7. The zero-order valence-corrected chi connectivity index (χ0v) is 26.7. The lowest BCUT2D eigenvalue weighted by molar-refractivity contribution is -0.143. The number of carbonyl (C=O) groups excluding carboxylic acids is 5. The minimum atomic E-state index is -1.22. The third kappa shape index (κ3) is 11.1. The molecule has 1 aliphatic rings. The van der Waals surface area contributed by atoms with Crippen molar-refractivity contribution in [3.8, 4) is 0 Å². The van der Waals surface area contributed by atoms with Crippen LogP contribution in [0, 0.1) is 16.7 Å². The molecule has 0 aliphatic carbocycles. The van der Waals surface area contributed by atoms with Crippen LogP contribution in [0.4, 0.5) is 4.79 Å². The fourth-order valence-corrected chi connectivity index (χ4v) is 4.94. The number of Topliss-reactive ketones (excluding diaryl/α,β-unsaturated/α-hetero) is 1. The van der Waals surface area contributed by atoms with E-state index < -0.39 is 70.5 Å². The summed E-state index contributed by atoms with van der Waals surface area (Å²) in [5.41, 5.74) is -1.61. The first-order valence-electron chi connectivity index (χ1n) is 14.8. The van der Waals surface area contributed by atoms with Crippen LogP contribution in [0.15, 0.2) is 25.3 Å². The van der Waals surface area contributed by atoms with E-state index in [0.29, 0.717) is 19.3 Å². The van der Waals surface area contributed by atoms with Crippen LogP contribution in [0.1, 0.15) is 80.6 Å². The maximum Gasteiger partial charge on any atom is 0.326 e. The summed E-state index contributed by atoms with van der Waals surface area (Å²) < 4.78 is 0. The largest absolute Gasteiger partial charge is 0.480 e. The number of aliphatic carboxylic acids is 1. The minimum Gasteiger partial charge on any atom is -0.480 e. The Morgan fingerprint density at radius 2 is 1.51 bits per heavy atom. The Kier molecular flexibility index (Phi) is 14.1. The van der Waals surface area contributed by atoms with Crippen LogP contribution in [0.5, 0.6) is 0 Å². The fraction of sp³-hybridized carbons (Fsp3) is 0.677. The molecule has 1 aliphatic heterocycles. The average molecular weight is 606 g/mol. The summed E-state index contributed by atoms with van der Waals surface area (Å²) in [6.07, 6.45) is 5.57. The number of nitrogens with one attached hydrogen (secondary N) is 4. The van der Waals surface area contributed by atoms with Crippen LogP contribution in [0.25, 0.3) is 0 Å². The van der Waals surface area contributed by atoms with Gasteiger partial charge in [-0.15, -0.1) is 13.2 Å². The minimum absolute atomic E-state index is 0.0930. The van der Waals surface area contributed by atoms with E-state index in [9.17, 15) is 33.9 Å². The van der Waals surface area contributed by atoms with Gasteiger partial charge < -0.3 is 31.3 Å². The van der Waals surface area contributed by atoms with E-state index in [1.807, 2.05) is 6.92 Å². The number of carbonyl (C=O) groups is 6. The Labute approximate surface area is 255 Å². The first-order valence-corrected chi connectivity index (χ1v) is 14.8. The van der Waals surface area contributed by atoms with Crippen LogP contribution in [-0.4, -0.2) is 82.8 Å². The monoisotopic (exact) mass is 605 g/mol. The molecule has 242 valence electrons. The SMILES string of the molecule is C=CCNC(=O)C(=O)C(CCCC)NC(=O)[C@@H]1C[C@@H](CC=C)CN1C(=O)[C@@H](NC(=O)N[C@H](C(=O)O)C(C)(C)C)C(C)(C)C. The molecule has 12 heteroatoms. The van der Waals surface area contributed by atoms with E-state index in [1.54, 1.807) is 47.6 Å². The van der Waals surface area contributed by atoms with Gasteiger partial charge in [0, 0.05) is 13.1 Å². The topological polar surface area (TPSA) is 174 Å². The summed E-state index contributed by atoms with van der Waals surface area (Å²) >= 11 is 0. The molecule has 0 radical (unpaired) electrons. The normalized spacial score (nSPS) is 18.9. The van der Waals surface area contributed by atoms with Gasteiger partial charge in [0.25, 0.3) is 5.91 Å². The Bertz CT molecular complexity index is 1060. The predicted octanol–water partition coefficient (Wildman–Crippen LogP) is 2.54. The number of hydrogen-bond donors (Lipinski definition) is 5. The molecule has 0 aromatic heterocycles. The number of allylic oxidation sites excluding steroid dienone is 1. The zero-order chi connectivity index (χ0) is 33.1. The molecular formula is C31H51N5O7. The Morgan fingerprint density at radius 1 is 0.930 bits per heavy atom. The summed E-state index contributed by atoms with van der Waals surface area (Å²) in [7, 11) is 0. The average Bonchev–Trinajstić information content (AvgIpc) is 3.33. The lowest BCUT2D eigenvalue weighted by Gasteiger charge is -2.36. The number of rotatable bonds is 15. The van der Waals surface area contributed by atoms with Gasteiger partial charge in [0.2, 0.25) is 17.6 Å². The molecule has 5 N–H and O–H groups in total. The first kappa shape index (κ1) is 37.3. The standard InChI is InChI=1S/C31H51N5O7/c1-10-13-15-20(22(37)26(39)32-16-12-3)33-25(38)21-17-19(14-11-2)18-36(21)27(40)23(30(4,5)6)34-29(43)35-24(28(41)42)31(7,8)9/h11-12,19-21,23-24H,2-3,10,13-18H2,1,4-9H3,(H,32,39)(H,33,38)(H,41,42)(H2,34,35,43)/t19-,20?,21+,23-,24-/m1/s1. The molecule has 1 heterocycles. The maximum atomic E-state index is 14.0. The number of urea groups is 1. The number of nitrogens with zero attached hydrogens (tertiary/aromatic N) is 1. The number of ketones is 1. The van der Waals surface area contributed by atoms with Gasteiger partial charge in [-0.3, -0.25) is 19.2 Å². The quantitative estimate of drug-likeness (QED) is 0.141. The first-order chi connectivity index (χ1) is 19.9. The number of hydrogen-bond acceptors (Lipinski definition) is 6. The number of unbranched alkanes of at least 4 members (excludes halogenated alkanes) is 1. The predicted molar refractivity (Wildman–Crippen MR) is 164 cm³/mol. The van der Waals surface area contributed by atoms with Gasteiger partial charge in [-0.25, -0.2) is 9.59 Å². The van der Waals surface area contributed by atoms with Crippen LogP contribution < -0.4 is 21.3 Å². The highest BCUT2D eigenvalue weighted by molar-refractivity contribution is 6.38. The fourth-order valence-electron chi connectivity index (χ4n) is 4.94. The van der Waals surface area contributed by atoms with Crippen molar-refractivity contribution in [1.82, 2.24) is 26.2 Å². The van der Waals surface area contributed by atoms with Gasteiger partial charge in [-0.2, -0.15) is 0 Å². The Morgan fingerprint density at radius 3 is 2.00 bits per heavy atom. The summed E-state index contributed by atoms with van der Waals surface area (Å²) in [5, 5.41) is 19.9. The summed E-state index contributed by atoms with van der Waals surface area (Å²) in [6, 6.07) is -5.18. The molecule has 43 heavy (non-hydrogen) atoms. The number of likely N-dealkylation sites (tertiary alicyclic amines) is 1. The number of carboxylic acids is 1.